The molecule has 0 fully saturated rings. The zero-order chi connectivity index (χ0) is 6.10. The Morgan fingerprint density at radius 2 is 2.33 bits per heavy atom. The first-order chi connectivity index (χ1) is 4.47. The van der Waals surface area contributed by atoms with E-state index >= 15 is 0 Å². The second kappa shape index (κ2) is 1.62. The van der Waals surface area contributed by atoms with Gasteiger partial charge in [0.2, 0.25) is 0 Å². The van der Waals surface area contributed by atoms with Crippen LogP contribution in [0.1, 0.15) is 0 Å². The largest absolute Gasteiger partial charge is 0.464 e. The molecule has 0 N–H and O–H groups in total. The number of hydrogen-bond donors (Lipinski definition) is 0. The SMILES string of the molecule is [c]1ccoc2cccc1-2. The molecule has 0 unspecified atom stereocenters. The zero-order valence-corrected chi connectivity index (χ0v) is 4.79. The lowest BCUT2D eigenvalue weighted by Crippen LogP contribution is -1.68. The van der Waals surface area contributed by atoms with Gasteiger partial charge < -0.3 is 4.42 Å². The van der Waals surface area contributed by atoms with Gasteiger partial charge in [0, 0.05) is 5.56 Å². The van der Waals surface area contributed by atoms with Crippen molar-refractivity contribution < 1.29 is 4.42 Å². The van der Waals surface area contributed by atoms with Crippen LogP contribution in [0.2, 0.25) is 0 Å². The van der Waals surface area contributed by atoms with Gasteiger partial charge in [-0.1, -0.05) is 12.1 Å². The molecule has 1 aliphatic heterocycles. The van der Waals surface area contributed by atoms with Gasteiger partial charge in [-0.15, -0.1) is 0 Å². The minimum atomic E-state index is 0.900. The van der Waals surface area contributed by atoms with E-state index in [-0.39, 0.29) is 0 Å². The van der Waals surface area contributed by atoms with E-state index in [4.69, 9.17) is 4.42 Å². The molecule has 2 aliphatic rings. The summed E-state index contributed by atoms with van der Waals surface area (Å²) in [4.78, 5) is 0. The third-order valence-electron chi connectivity index (χ3n) is 1.28. The second-order valence-electron chi connectivity index (χ2n) is 1.87. The summed E-state index contributed by atoms with van der Waals surface area (Å²) in [7, 11) is 0. The predicted octanol–water partition coefficient (Wildman–Crippen LogP) is 2.18. The van der Waals surface area contributed by atoms with E-state index in [1.165, 1.54) is 0 Å². The van der Waals surface area contributed by atoms with E-state index in [0.29, 0.717) is 0 Å². The van der Waals surface area contributed by atoms with Crippen LogP contribution in [0.15, 0.2) is 34.9 Å². The van der Waals surface area contributed by atoms with Gasteiger partial charge >= 0.3 is 0 Å². The number of fused-ring (bicyclic) bond motifs is 1. The molecule has 0 aromatic heterocycles. The number of hydrogen-bond acceptors (Lipinski definition) is 1. The van der Waals surface area contributed by atoms with E-state index in [1.54, 1.807) is 12.3 Å². The van der Waals surface area contributed by atoms with E-state index < -0.39 is 0 Å². The molecule has 0 spiro atoms. The molecule has 0 saturated heterocycles. The van der Waals surface area contributed by atoms with Gasteiger partial charge in [0.05, 0.1) is 6.26 Å². The van der Waals surface area contributed by atoms with Crippen LogP contribution in [0, 0.1) is 6.07 Å². The molecule has 1 nitrogen and oxygen atoms in total. The van der Waals surface area contributed by atoms with E-state index in [1.807, 2.05) is 18.2 Å². The van der Waals surface area contributed by atoms with Crippen molar-refractivity contribution in [2.75, 3.05) is 0 Å². The molecule has 1 aliphatic carbocycles. The Bertz CT molecular complexity index is 245. The highest BCUT2D eigenvalue weighted by Crippen LogP contribution is 2.20. The van der Waals surface area contributed by atoms with Gasteiger partial charge in [-0.25, -0.2) is 0 Å². The summed E-state index contributed by atoms with van der Waals surface area (Å²) in [6.45, 7) is 0. The minimum Gasteiger partial charge on any atom is -0.464 e. The first-order valence-electron chi connectivity index (χ1n) is 2.81. The molecule has 9 heavy (non-hydrogen) atoms. The maximum Gasteiger partial charge on any atom is 0.134 e. The summed E-state index contributed by atoms with van der Waals surface area (Å²) in [6, 6.07) is 10.6. The monoisotopic (exact) mass is 117 g/mol. The average molecular weight is 117 g/mol. The highest BCUT2D eigenvalue weighted by Gasteiger charge is 1.99. The Balaban J connectivity index is 2.79. The average Bonchev–Trinajstić information content (AvgIpc) is 2.33. The van der Waals surface area contributed by atoms with Crippen molar-refractivity contribution in [2.45, 2.75) is 0 Å². The predicted molar refractivity (Wildman–Crippen MR) is 34.2 cm³/mol. The highest BCUT2D eigenvalue weighted by atomic mass is 16.3. The van der Waals surface area contributed by atoms with Crippen LogP contribution >= 0.6 is 0 Å². The Morgan fingerprint density at radius 1 is 1.33 bits per heavy atom. The number of rotatable bonds is 0. The molecule has 0 bridgehead atoms. The van der Waals surface area contributed by atoms with Gasteiger partial charge in [0.25, 0.3) is 0 Å². The third-order valence-corrected chi connectivity index (χ3v) is 1.28. The van der Waals surface area contributed by atoms with Crippen molar-refractivity contribution >= 4 is 0 Å². The fraction of sp³-hybridized carbons (Fsp3) is 0. The summed E-state index contributed by atoms with van der Waals surface area (Å²) in [6.07, 6.45) is 1.63. The van der Waals surface area contributed by atoms with Crippen molar-refractivity contribution in [1.29, 1.82) is 0 Å². The Hall–Kier alpha value is -1.24. The summed E-state index contributed by atoms with van der Waals surface area (Å²) in [5, 5.41) is 0. The molecule has 1 heteroatoms. The summed E-state index contributed by atoms with van der Waals surface area (Å²) in [5.41, 5.74) is 1.04. The molecule has 0 saturated carbocycles. The van der Waals surface area contributed by atoms with Crippen LogP contribution in [0.5, 0.6) is 0 Å². The van der Waals surface area contributed by atoms with Crippen LogP contribution in [0.25, 0.3) is 11.3 Å². The van der Waals surface area contributed by atoms with Crippen molar-refractivity contribution in [1.82, 2.24) is 0 Å². The van der Waals surface area contributed by atoms with Crippen LogP contribution in [0.3, 0.4) is 0 Å². The Kier molecular flexibility index (Phi) is 0.833. The van der Waals surface area contributed by atoms with Crippen molar-refractivity contribution in [3.8, 4) is 11.3 Å². The Labute approximate surface area is 53.3 Å². The summed E-state index contributed by atoms with van der Waals surface area (Å²) < 4.78 is 5.12. The van der Waals surface area contributed by atoms with Gasteiger partial charge in [-0.2, -0.15) is 0 Å². The third kappa shape index (κ3) is 0.617. The van der Waals surface area contributed by atoms with Gasteiger partial charge in [0.1, 0.15) is 5.76 Å². The molecule has 0 aromatic carbocycles. The lowest BCUT2D eigenvalue weighted by Gasteiger charge is -1.91. The topological polar surface area (TPSA) is 13.1 Å². The molecule has 43 valence electrons. The molecule has 1 radical (unpaired) electrons. The van der Waals surface area contributed by atoms with Crippen LogP contribution in [-0.2, 0) is 0 Å². The molecule has 1 heterocycles. The molecular weight excluding hydrogens is 112 g/mol. The molecule has 0 amide bonds. The fourth-order valence-corrected chi connectivity index (χ4v) is 0.857. The Morgan fingerprint density at radius 3 is 3.22 bits per heavy atom. The molecule has 0 aromatic rings. The summed E-state index contributed by atoms with van der Waals surface area (Å²) in [5.74, 6) is 0.900. The summed E-state index contributed by atoms with van der Waals surface area (Å²) >= 11 is 0. The second-order valence-corrected chi connectivity index (χ2v) is 1.87. The molecule has 0 atom stereocenters. The fourth-order valence-electron chi connectivity index (χ4n) is 0.857. The maximum absolute atomic E-state index is 5.12. The van der Waals surface area contributed by atoms with Crippen LogP contribution in [0.4, 0.5) is 0 Å². The van der Waals surface area contributed by atoms with Crippen LogP contribution < -0.4 is 0 Å². The van der Waals surface area contributed by atoms with Gasteiger partial charge in [-0.3, -0.25) is 0 Å². The highest BCUT2D eigenvalue weighted by molar-refractivity contribution is 5.58. The first-order valence-corrected chi connectivity index (χ1v) is 2.81. The lowest BCUT2D eigenvalue weighted by molar-refractivity contribution is 0.566. The van der Waals surface area contributed by atoms with Crippen molar-refractivity contribution in [2.24, 2.45) is 0 Å². The normalized spacial score (nSPS) is 10.2. The van der Waals surface area contributed by atoms with Gasteiger partial charge in [-0.05, 0) is 18.2 Å². The van der Waals surface area contributed by atoms with Crippen LogP contribution in [-0.4, -0.2) is 0 Å². The zero-order valence-electron chi connectivity index (χ0n) is 4.79. The lowest BCUT2D eigenvalue weighted by atomic mass is 10.3. The van der Waals surface area contributed by atoms with E-state index in [0.717, 1.165) is 11.3 Å². The quantitative estimate of drug-likeness (QED) is 0.515. The van der Waals surface area contributed by atoms with E-state index in [9.17, 15) is 0 Å². The molecular formula is C8H5O. The smallest absolute Gasteiger partial charge is 0.134 e. The van der Waals surface area contributed by atoms with Gasteiger partial charge in [0.15, 0.2) is 0 Å². The molecule has 2 rings (SSSR count). The minimum absolute atomic E-state index is 0.900. The van der Waals surface area contributed by atoms with Crippen molar-refractivity contribution in [3.05, 3.63) is 36.6 Å². The van der Waals surface area contributed by atoms with Crippen molar-refractivity contribution in [3.63, 3.8) is 0 Å². The maximum atomic E-state index is 5.12. The van der Waals surface area contributed by atoms with E-state index in [2.05, 4.69) is 6.07 Å². The first kappa shape index (κ1) is 4.62. The standard InChI is InChI=1S/C8H5O/c1-3-7-4-2-6-9-8(7)5-1/h1-3,5-6H.